The second-order valence-electron chi connectivity index (χ2n) is 9.24. The molecule has 1 amide bonds. The van der Waals surface area contributed by atoms with Gasteiger partial charge in [0.1, 0.15) is 11.3 Å². The fraction of sp³-hybridized carbons (Fsp3) is 0.533. The number of carbonyl (C=O) groups is 2. The third-order valence-electron chi connectivity index (χ3n) is 7.45. The zero-order valence-electron chi connectivity index (χ0n) is 23.0. The minimum Gasteiger partial charge on any atom is -0.469 e. The molecule has 0 saturated carbocycles. The number of hydrogen-bond acceptors (Lipinski definition) is 4. The van der Waals surface area contributed by atoms with Gasteiger partial charge in [0.25, 0.3) is 5.91 Å². The van der Waals surface area contributed by atoms with E-state index < -0.39 is 5.60 Å². The first-order valence-electron chi connectivity index (χ1n) is 13.1. The molecule has 1 heterocycles. The molecular weight excluding hydrogens is 452 g/mol. The number of aryl methyl sites for hydroxylation is 1. The number of aromatic nitrogens is 1. The predicted molar refractivity (Wildman–Crippen MR) is 144 cm³/mol. The molecule has 0 aliphatic rings. The van der Waals surface area contributed by atoms with E-state index in [0.29, 0.717) is 25.1 Å². The van der Waals surface area contributed by atoms with Crippen LogP contribution in [0.2, 0.25) is 0 Å². The highest BCUT2D eigenvalue weighted by molar-refractivity contribution is 5.93. The average molecular weight is 495 g/mol. The minimum atomic E-state index is -0.961. The first kappa shape index (κ1) is 29.2. The highest BCUT2D eigenvalue weighted by atomic mass is 16.5. The number of aliphatic hydroxyl groups is 1. The lowest BCUT2D eigenvalue weighted by molar-refractivity contribution is -0.140. The van der Waals surface area contributed by atoms with Crippen LogP contribution in [0.1, 0.15) is 99.6 Å². The lowest BCUT2D eigenvalue weighted by Crippen LogP contribution is -2.32. The summed E-state index contributed by atoms with van der Waals surface area (Å²) in [5, 5.41) is 13.4. The molecule has 196 valence electrons. The fourth-order valence-corrected chi connectivity index (χ4v) is 4.78. The molecule has 2 aromatic rings. The lowest BCUT2D eigenvalue weighted by atomic mass is 9.72. The summed E-state index contributed by atoms with van der Waals surface area (Å²) in [6.07, 6.45) is 3.06. The molecule has 0 aliphatic heterocycles. The third kappa shape index (κ3) is 6.20. The van der Waals surface area contributed by atoms with Crippen LogP contribution in [0.25, 0.3) is 0 Å². The van der Waals surface area contributed by atoms with Crippen molar-refractivity contribution < 1.29 is 19.4 Å². The van der Waals surface area contributed by atoms with E-state index in [1.807, 2.05) is 32.9 Å². The van der Waals surface area contributed by atoms with Crippen molar-refractivity contribution in [1.29, 1.82) is 0 Å². The Bertz CT molecular complexity index is 1110. The third-order valence-corrected chi connectivity index (χ3v) is 7.45. The van der Waals surface area contributed by atoms with Crippen LogP contribution in [0.5, 0.6) is 0 Å². The van der Waals surface area contributed by atoms with E-state index in [4.69, 9.17) is 0 Å². The van der Waals surface area contributed by atoms with E-state index in [1.54, 1.807) is 0 Å². The van der Waals surface area contributed by atoms with Gasteiger partial charge in [-0.3, -0.25) is 9.59 Å². The number of nitrogens with zero attached hydrogens (tertiary/aromatic N) is 1. The van der Waals surface area contributed by atoms with Gasteiger partial charge in [0.05, 0.1) is 13.5 Å². The average Bonchev–Trinajstić information content (AvgIpc) is 3.33. The molecule has 0 unspecified atom stereocenters. The molecule has 0 saturated heterocycles. The van der Waals surface area contributed by atoms with Crippen molar-refractivity contribution in [2.45, 2.75) is 91.2 Å². The molecule has 0 atom stereocenters. The van der Waals surface area contributed by atoms with Crippen molar-refractivity contribution in [3.63, 3.8) is 0 Å². The Kier molecular flexibility index (Phi) is 10.4. The van der Waals surface area contributed by atoms with Crippen LogP contribution in [0.15, 0.2) is 30.3 Å². The monoisotopic (exact) mass is 494 g/mol. The number of benzene rings is 1. The molecule has 1 aromatic heterocycles. The summed E-state index contributed by atoms with van der Waals surface area (Å²) in [5.74, 6) is 5.70. The van der Waals surface area contributed by atoms with Crippen molar-refractivity contribution in [3.8, 4) is 11.8 Å². The van der Waals surface area contributed by atoms with Gasteiger partial charge in [-0.05, 0) is 68.9 Å². The van der Waals surface area contributed by atoms with Crippen molar-refractivity contribution in [1.82, 2.24) is 9.88 Å². The van der Waals surface area contributed by atoms with Gasteiger partial charge in [-0.25, -0.2) is 0 Å². The maximum atomic E-state index is 12.9. The maximum Gasteiger partial charge on any atom is 0.307 e. The van der Waals surface area contributed by atoms with E-state index in [-0.39, 0.29) is 30.3 Å². The van der Waals surface area contributed by atoms with E-state index in [9.17, 15) is 14.7 Å². The normalized spacial score (nSPS) is 11.6. The Morgan fingerprint density at radius 2 is 1.69 bits per heavy atom. The SMILES string of the molecule is CCn1c(C(=O)NCCC(=O)OC)ccc1C(CC)(CC)c1ccc(C#CC(O)(CC)CC)c(C)c1. The standard InChI is InChI=1S/C30H42N2O4/c1-8-29(35,9-2)19-17-23-13-14-24(21-22(23)6)30(10-3,11-4)26-16-15-25(32(26)12-5)28(34)31-20-18-27(33)36-7/h13-16,21,35H,8-12,18,20H2,1-7H3,(H,31,34). The van der Waals surface area contributed by atoms with E-state index in [0.717, 1.165) is 29.7 Å². The Balaban J connectivity index is 2.46. The van der Waals surface area contributed by atoms with Gasteiger partial charge < -0.3 is 19.7 Å². The second kappa shape index (κ2) is 12.8. The Hall–Kier alpha value is -3.04. The van der Waals surface area contributed by atoms with Crippen molar-refractivity contribution in [2.75, 3.05) is 13.7 Å². The molecule has 1 aromatic carbocycles. The number of hydrogen-bond donors (Lipinski definition) is 2. The van der Waals surface area contributed by atoms with Crippen LogP contribution in [-0.2, 0) is 21.5 Å². The number of methoxy groups -OCH3 is 1. The first-order valence-corrected chi connectivity index (χ1v) is 13.1. The molecule has 0 spiro atoms. The van der Waals surface area contributed by atoms with Gasteiger partial charge >= 0.3 is 5.97 Å². The van der Waals surface area contributed by atoms with E-state index >= 15 is 0 Å². The smallest absolute Gasteiger partial charge is 0.307 e. The van der Waals surface area contributed by atoms with E-state index in [1.165, 1.54) is 12.7 Å². The number of nitrogens with one attached hydrogen (secondary N) is 1. The lowest BCUT2D eigenvalue weighted by Gasteiger charge is -2.34. The summed E-state index contributed by atoms with van der Waals surface area (Å²) in [5.41, 5.74) is 3.61. The number of ether oxygens (including phenoxy) is 1. The second-order valence-corrected chi connectivity index (χ2v) is 9.24. The highest BCUT2D eigenvalue weighted by Gasteiger charge is 2.35. The molecule has 2 rings (SSSR count). The number of esters is 1. The van der Waals surface area contributed by atoms with Crippen LogP contribution < -0.4 is 5.32 Å². The van der Waals surface area contributed by atoms with E-state index in [2.05, 4.69) is 65.4 Å². The van der Waals surface area contributed by atoms with Crippen LogP contribution >= 0.6 is 0 Å². The van der Waals surface area contributed by atoms with Gasteiger partial charge in [0.15, 0.2) is 0 Å². The van der Waals surface area contributed by atoms with Gasteiger partial charge in [-0.1, -0.05) is 51.7 Å². The largest absolute Gasteiger partial charge is 0.469 e. The Morgan fingerprint density at radius 3 is 2.22 bits per heavy atom. The molecule has 36 heavy (non-hydrogen) atoms. The number of carbonyl (C=O) groups excluding carboxylic acids is 2. The maximum absolute atomic E-state index is 12.9. The van der Waals surface area contributed by atoms with Crippen LogP contribution in [0.4, 0.5) is 0 Å². The quantitative estimate of drug-likeness (QED) is 0.336. The van der Waals surface area contributed by atoms with Gasteiger partial charge in [-0.2, -0.15) is 0 Å². The summed E-state index contributed by atoms with van der Waals surface area (Å²) in [6.45, 7) is 13.2. The Labute approximate surface area is 216 Å². The molecule has 6 heteroatoms. The molecule has 2 N–H and O–H groups in total. The first-order chi connectivity index (χ1) is 17.1. The predicted octanol–water partition coefficient (Wildman–Crippen LogP) is 5.12. The van der Waals surface area contributed by atoms with Crippen molar-refractivity contribution in [3.05, 3.63) is 58.4 Å². The van der Waals surface area contributed by atoms with Gasteiger partial charge in [0, 0.05) is 29.8 Å². The number of amides is 1. The molecule has 6 nitrogen and oxygen atoms in total. The van der Waals surface area contributed by atoms with Crippen LogP contribution in [0.3, 0.4) is 0 Å². The Morgan fingerprint density at radius 1 is 1.03 bits per heavy atom. The van der Waals surface area contributed by atoms with Gasteiger partial charge in [0.2, 0.25) is 0 Å². The summed E-state index contributed by atoms with van der Waals surface area (Å²) < 4.78 is 6.73. The summed E-state index contributed by atoms with van der Waals surface area (Å²) in [4.78, 5) is 24.3. The topological polar surface area (TPSA) is 80.6 Å². The molecule has 0 radical (unpaired) electrons. The fourth-order valence-electron chi connectivity index (χ4n) is 4.78. The summed E-state index contributed by atoms with van der Waals surface area (Å²) in [7, 11) is 1.34. The minimum absolute atomic E-state index is 0.137. The zero-order valence-corrected chi connectivity index (χ0v) is 23.0. The van der Waals surface area contributed by atoms with Crippen molar-refractivity contribution in [2.24, 2.45) is 0 Å². The summed E-state index contributed by atoms with van der Waals surface area (Å²) >= 11 is 0. The van der Waals surface area contributed by atoms with Crippen molar-refractivity contribution >= 4 is 11.9 Å². The molecule has 0 aliphatic carbocycles. The number of rotatable bonds is 11. The van der Waals surface area contributed by atoms with Gasteiger partial charge in [-0.15, -0.1) is 0 Å². The van der Waals surface area contributed by atoms with Crippen LogP contribution in [0, 0.1) is 18.8 Å². The zero-order chi connectivity index (χ0) is 26.9. The molecule has 0 bridgehead atoms. The highest BCUT2D eigenvalue weighted by Crippen LogP contribution is 2.40. The molecular formula is C30H42N2O4. The summed E-state index contributed by atoms with van der Waals surface area (Å²) in [6, 6.07) is 10.3. The van der Waals surface area contributed by atoms with Crippen LogP contribution in [-0.4, -0.2) is 40.8 Å². The molecule has 0 fully saturated rings.